The van der Waals surface area contributed by atoms with Crippen LogP contribution in [0.5, 0.6) is 5.75 Å². The standard InChI is InChI=1S/C22H19ClN2O5/c1-12-8-18-16(10-17(12)23)13(9-19(26)30-18)11-25-20(27)22(2,24-21(25)28)14-4-6-15(29-3)7-5-14/h4-10H,11H2,1-3H3,(H,24,28). The van der Waals surface area contributed by atoms with Crippen molar-refractivity contribution in [1.29, 1.82) is 0 Å². The summed E-state index contributed by atoms with van der Waals surface area (Å²) < 4.78 is 10.4. The van der Waals surface area contributed by atoms with Gasteiger partial charge in [0.2, 0.25) is 0 Å². The number of urea groups is 1. The molecule has 1 fully saturated rings. The van der Waals surface area contributed by atoms with Gasteiger partial charge in [-0.05, 0) is 54.8 Å². The summed E-state index contributed by atoms with van der Waals surface area (Å²) >= 11 is 6.23. The Labute approximate surface area is 177 Å². The van der Waals surface area contributed by atoms with Crippen LogP contribution in [-0.4, -0.2) is 23.9 Å². The maximum absolute atomic E-state index is 13.2. The van der Waals surface area contributed by atoms with Gasteiger partial charge in [0.15, 0.2) is 0 Å². The molecule has 1 aliphatic rings. The van der Waals surface area contributed by atoms with Gasteiger partial charge in [-0.25, -0.2) is 9.59 Å². The molecule has 2 aromatic carbocycles. The van der Waals surface area contributed by atoms with Crippen molar-refractivity contribution in [3.63, 3.8) is 0 Å². The summed E-state index contributed by atoms with van der Waals surface area (Å²) in [6.07, 6.45) is 0. The van der Waals surface area contributed by atoms with Gasteiger partial charge >= 0.3 is 11.7 Å². The molecule has 7 nitrogen and oxygen atoms in total. The molecule has 0 bridgehead atoms. The van der Waals surface area contributed by atoms with Gasteiger partial charge in [0.05, 0.1) is 13.7 Å². The van der Waals surface area contributed by atoms with Crippen LogP contribution in [0.25, 0.3) is 11.0 Å². The minimum absolute atomic E-state index is 0.0854. The Hall–Kier alpha value is -3.32. The highest BCUT2D eigenvalue weighted by molar-refractivity contribution is 6.32. The van der Waals surface area contributed by atoms with Crippen LogP contribution in [0.3, 0.4) is 0 Å². The van der Waals surface area contributed by atoms with Crippen molar-refractivity contribution in [2.75, 3.05) is 7.11 Å². The quantitative estimate of drug-likeness (QED) is 0.507. The number of methoxy groups -OCH3 is 1. The van der Waals surface area contributed by atoms with Crippen molar-refractivity contribution in [2.24, 2.45) is 0 Å². The molecule has 1 saturated heterocycles. The average Bonchev–Trinajstić information content (AvgIpc) is 2.93. The van der Waals surface area contributed by atoms with Crippen molar-refractivity contribution >= 4 is 34.5 Å². The van der Waals surface area contributed by atoms with Gasteiger partial charge in [-0.1, -0.05) is 23.7 Å². The normalized spacial score (nSPS) is 18.7. The molecule has 0 aliphatic carbocycles. The number of halogens is 1. The highest BCUT2D eigenvalue weighted by Crippen LogP contribution is 2.32. The second kappa shape index (κ2) is 7.18. The number of nitrogens with zero attached hydrogens (tertiary/aromatic N) is 1. The first kappa shape index (κ1) is 20.0. The van der Waals surface area contributed by atoms with Crippen molar-refractivity contribution in [3.05, 3.63) is 74.6 Å². The Morgan fingerprint density at radius 1 is 1.13 bits per heavy atom. The Morgan fingerprint density at radius 2 is 1.83 bits per heavy atom. The van der Waals surface area contributed by atoms with Crippen LogP contribution >= 0.6 is 11.6 Å². The van der Waals surface area contributed by atoms with Crippen molar-refractivity contribution < 1.29 is 18.7 Å². The third kappa shape index (κ3) is 3.21. The first-order valence-corrected chi connectivity index (χ1v) is 9.62. The molecule has 1 aromatic heterocycles. The second-order valence-electron chi connectivity index (χ2n) is 7.36. The van der Waals surface area contributed by atoms with Gasteiger partial charge in [-0.3, -0.25) is 9.69 Å². The number of hydrogen-bond donors (Lipinski definition) is 1. The number of ether oxygens (including phenoxy) is 1. The minimum Gasteiger partial charge on any atom is -0.497 e. The molecule has 0 saturated carbocycles. The van der Waals surface area contributed by atoms with Crippen molar-refractivity contribution in [2.45, 2.75) is 25.9 Å². The van der Waals surface area contributed by atoms with Crippen LogP contribution in [0.15, 0.2) is 51.7 Å². The molecule has 2 heterocycles. The molecule has 4 rings (SSSR count). The fourth-order valence-corrected chi connectivity index (χ4v) is 3.77. The molecule has 3 aromatic rings. The summed E-state index contributed by atoms with van der Waals surface area (Å²) in [4.78, 5) is 39.0. The first-order chi connectivity index (χ1) is 14.2. The third-order valence-corrected chi connectivity index (χ3v) is 5.79. The van der Waals surface area contributed by atoms with E-state index in [0.29, 0.717) is 32.9 Å². The van der Waals surface area contributed by atoms with Crippen LogP contribution in [0.2, 0.25) is 5.02 Å². The van der Waals surface area contributed by atoms with E-state index in [1.54, 1.807) is 57.4 Å². The zero-order valence-electron chi connectivity index (χ0n) is 16.6. The van der Waals surface area contributed by atoms with Crippen LogP contribution in [-0.2, 0) is 16.9 Å². The van der Waals surface area contributed by atoms with E-state index in [9.17, 15) is 14.4 Å². The summed E-state index contributed by atoms with van der Waals surface area (Å²) in [6, 6.07) is 11.0. The largest absolute Gasteiger partial charge is 0.497 e. The number of aryl methyl sites for hydroxylation is 1. The number of imide groups is 1. The smallest absolute Gasteiger partial charge is 0.336 e. The Morgan fingerprint density at radius 3 is 2.50 bits per heavy atom. The summed E-state index contributed by atoms with van der Waals surface area (Å²) in [5.41, 5.74) is 0.415. The molecule has 30 heavy (non-hydrogen) atoms. The van der Waals surface area contributed by atoms with E-state index in [4.69, 9.17) is 20.8 Å². The summed E-state index contributed by atoms with van der Waals surface area (Å²) in [6.45, 7) is 3.36. The fourth-order valence-electron chi connectivity index (χ4n) is 3.61. The molecule has 0 spiro atoms. The monoisotopic (exact) mass is 426 g/mol. The molecule has 1 N–H and O–H groups in total. The van der Waals surface area contributed by atoms with E-state index >= 15 is 0 Å². The summed E-state index contributed by atoms with van der Waals surface area (Å²) in [5, 5.41) is 3.83. The van der Waals surface area contributed by atoms with Crippen LogP contribution in [0.4, 0.5) is 4.79 Å². The van der Waals surface area contributed by atoms with E-state index in [0.717, 1.165) is 10.5 Å². The summed E-state index contributed by atoms with van der Waals surface area (Å²) in [7, 11) is 1.55. The molecule has 154 valence electrons. The topological polar surface area (TPSA) is 88.8 Å². The fraction of sp³-hybridized carbons (Fsp3) is 0.227. The highest BCUT2D eigenvalue weighted by Gasteiger charge is 2.49. The predicted octanol–water partition coefficient (Wildman–Crippen LogP) is 3.73. The number of amides is 3. The zero-order valence-corrected chi connectivity index (χ0v) is 17.4. The molecular formula is C22H19ClN2O5. The Kier molecular flexibility index (Phi) is 4.78. The predicted molar refractivity (Wildman–Crippen MR) is 112 cm³/mol. The summed E-state index contributed by atoms with van der Waals surface area (Å²) in [5.74, 6) is 0.225. The van der Waals surface area contributed by atoms with E-state index < -0.39 is 23.1 Å². The number of carbonyl (C=O) groups excluding carboxylic acids is 2. The Bertz CT molecular complexity index is 1230. The van der Waals surface area contributed by atoms with Crippen LogP contribution < -0.4 is 15.7 Å². The van der Waals surface area contributed by atoms with Gasteiger partial charge in [-0.2, -0.15) is 0 Å². The number of rotatable bonds is 4. The van der Waals surface area contributed by atoms with Crippen molar-refractivity contribution in [3.8, 4) is 5.75 Å². The van der Waals surface area contributed by atoms with Gasteiger partial charge in [0.25, 0.3) is 5.91 Å². The number of fused-ring (bicyclic) bond motifs is 1. The molecule has 1 atom stereocenters. The van der Waals surface area contributed by atoms with E-state index in [-0.39, 0.29) is 6.54 Å². The van der Waals surface area contributed by atoms with Crippen LogP contribution in [0.1, 0.15) is 23.6 Å². The van der Waals surface area contributed by atoms with E-state index in [1.165, 1.54) is 6.07 Å². The van der Waals surface area contributed by atoms with Gasteiger partial charge < -0.3 is 14.5 Å². The van der Waals surface area contributed by atoms with Gasteiger partial charge in [0.1, 0.15) is 16.9 Å². The number of carbonyl (C=O) groups is 2. The second-order valence-corrected chi connectivity index (χ2v) is 7.77. The molecule has 0 radical (unpaired) electrons. The number of nitrogens with one attached hydrogen (secondary N) is 1. The lowest BCUT2D eigenvalue weighted by Gasteiger charge is -2.22. The lowest BCUT2D eigenvalue weighted by Crippen LogP contribution is -2.40. The van der Waals surface area contributed by atoms with Gasteiger partial charge in [0, 0.05) is 16.5 Å². The minimum atomic E-state index is -1.23. The average molecular weight is 427 g/mol. The third-order valence-electron chi connectivity index (χ3n) is 5.38. The maximum atomic E-state index is 13.2. The molecule has 1 aliphatic heterocycles. The molecule has 3 amide bonds. The van der Waals surface area contributed by atoms with Crippen molar-refractivity contribution in [1.82, 2.24) is 10.2 Å². The molecular weight excluding hydrogens is 408 g/mol. The number of hydrogen-bond acceptors (Lipinski definition) is 5. The van der Waals surface area contributed by atoms with Gasteiger partial charge in [-0.15, -0.1) is 0 Å². The maximum Gasteiger partial charge on any atom is 0.336 e. The Balaban J connectivity index is 1.72. The zero-order chi connectivity index (χ0) is 21.6. The SMILES string of the molecule is COc1ccc(C2(C)NC(=O)N(Cc3cc(=O)oc4cc(C)c(Cl)cc34)C2=O)cc1. The highest BCUT2D eigenvalue weighted by atomic mass is 35.5. The lowest BCUT2D eigenvalue weighted by molar-refractivity contribution is -0.131. The molecule has 8 heteroatoms. The van der Waals surface area contributed by atoms with Crippen LogP contribution in [0, 0.1) is 6.92 Å². The van der Waals surface area contributed by atoms with E-state index in [1.807, 2.05) is 0 Å². The lowest BCUT2D eigenvalue weighted by atomic mass is 9.92. The molecule has 1 unspecified atom stereocenters. The first-order valence-electron chi connectivity index (χ1n) is 9.24. The number of benzene rings is 2. The van der Waals surface area contributed by atoms with E-state index in [2.05, 4.69) is 5.32 Å².